The Balaban J connectivity index is 0.00000144. The predicted molar refractivity (Wildman–Crippen MR) is 56.3 cm³/mol. The first-order chi connectivity index (χ1) is 5.74. The number of hydrogen-bond donors (Lipinski definition) is 1. The molecule has 13 heavy (non-hydrogen) atoms. The largest absolute Gasteiger partial charge is 0.323 e. The van der Waals surface area contributed by atoms with Crippen molar-refractivity contribution in [1.82, 2.24) is 4.98 Å². The second-order valence-corrected chi connectivity index (χ2v) is 3.32. The standard InChI is InChI=1S/C8H8BrN3.ClH/c9-7-3-6(4-12-5-7)8(11)1-2-10;/h3-5,8H,1,11H2;1H/t8-;/m1./s1. The van der Waals surface area contributed by atoms with Crippen LogP contribution in [0.5, 0.6) is 0 Å². The molecule has 1 aromatic heterocycles. The van der Waals surface area contributed by atoms with Crippen molar-refractivity contribution in [2.45, 2.75) is 12.5 Å². The number of aromatic nitrogens is 1. The molecule has 0 fully saturated rings. The van der Waals surface area contributed by atoms with E-state index in [4.69, 9.17) is 11.0 Å². The molecule has 1 aromatic rings. The molecule has 0 saturated heterocycles. The van der Waals surface area contributed by atoms with E-state index in [1.54, 1.807) is 12.4 Å². The molecule has 5 heteroatoms. The highest BCUT2D eigenvalue weighted by Crippen LogP contribution is 2.16. The van der Waals surface area contributed by atoms with Crippen LogP contribution in [0.4, 0.5) is 0 Å². The predicted octanol–water partition coefficient (Wildman–Crippen LogP) is 2.18. The van der Waals surface area contributed by atoms with E-state index in [9.17, 15) is 0 Å². The molecule has 2 N–H and O–H groups in total. The number of rotatable bonds is 2. The smallest absolute Gasteiger partial charge is 0.0641 e. The first kappa shape index (κ1) is 12.4. The highest BCUT2D eigenvalue weighted by molar-refractivity contribution is 9.10. The van der Waals surface area contributed by atoms with E-state index in [2.05, 4.69) is 20.9 Å². The summed E-state index contributed by atoms with van der Waals surface area (Å²) < 4.78 is 0.883. The van der Waals surface area contributed by atoms with Crippen molar-refractivity contribution in [3.05, 3.63) is 28.5 Å². The fourth-order valence-electron chi connectivity index (χ4n) is 0.847. The van der Waals surface area contributed by atoms with Crippen molar-refractivity contribution >= 4 is 28.3 Å². The van der Waals surface area contributed by atoms with Gasteiger partial charge in [-0.15, -0.1) is 12.4 Å². The van der Waals surface area contributed by atoms with Crippen LogP contribution in [0.1, 0.15) is 18.0 Å². The van der Waals surface area contributed by atoms with Crippen LogP contribution in [0.15, 0.2) is 22.9 Å². The minimum atomic E-state index is -0.236. The van der Waals surface area contributed by atoms with Crippen LogP contribution in [0.2, 0.25) is 0 Å². The zero-order valence-corrected chi connectivity index (χ0v) is 9.18. The number of nitriles is 1. The Labute approximate surface area is 91.5 Å². The molecular formula is C8H9BrClN3. The summed E-state index contributed by atoms with van der Waals surface area (Å²) in [4.78, 5) is 3.95. The van der Waals surface area contributed by atoms with Gasteiger partial charge in [0.25, 0.3) is 0 Å². The van der Waals surface area contributed by atoms with E-state index >= 15 is 0 Å². The van der Waals surface area contributed by atoms with Gasteiger partial charge in [0.2, 0.25) is 0 Å². The lowest BCUT2D eigenvalue weighted by Gasteiger charge is -2.06. The zero-order valence-electron chi connectivity index (χ0n) is 6.77. The molecule has 0 radical (unpaired) electrons. The van der Waals surface area contributed by atoms with E-state index in [1.165, 1.54) is 0 Å². The average molecular weight is 263 g/mol. The van der Waals surface area contributed by atoms with Crippen molar-refractivity contribution in [2.24, 2.45) is 5.73 Å². The summed E-state index contributed by atoms with van der Waals surface area (Å²) in [5.74, 6) is 0. The molecule has 3 nitrogen and oxygen atoms in total. The van der Waals surface area contributed by atoms with Gasteiger partial charge in [-0.3, -0.25) is 4.98 Å². The van der Waals surface area contributed by atoms with Gasteiger partial charge in [-0.05, 0) is 27.6 Å². The Morgan fingerprint density at radius 2 is 2.31 bits per heavy atom. The van der Waals surface area contributed by atoms with Gasteiger partial charge in [0, 0.05) is 22.9 Å². The summed E-state index contributed by atoms with van der Waals surface area (Å²) in [7, 11) is 0. The quantitative estimate of drug-likeness (QED) is 0.888. The molecule has 0 unspecified atom stereocenters. The van der Waals surface area contributed by atoms with Gasteiger partial charge in [0.1, 0.15) is 0 Å². The topological polar surface area (TPSA) is 62.7 Å². The second-order valence-electron chi connectivity index (χ2n) is 2.41. The van der Waals surface area contributed by atoms with E-state index in [1.807, 2.05) is 12.1 Å². The first-order valence-electron chi connectivity index (χ1n) is 3.47. The Bertz CT molecular complexity index is 311. The van der Waals surface area contributed by atoms with Crippen molar-refractivity contribution in [1.29, 1.82) is 5.26 Å². The molecule has 0 aliphatic carbocycles. The fourth-order valence-corrected chi connectivity index (χ4v) is 1.23. The van der Waals surface area contributed by atoms with Gasteiger partial charge < -0.3 is 5.73 Å². The molecule has 0 saturated carbocycles. The molecular weight excluding hydrogens is 253 g/mol. The lowest BCUT2D eigenvalue weighted by atomic mass is 10.1. The van der Waals surface area contributed by atoms with Gasteiger partial charge >= 0.3 is 0 Å². The molecule has 0 aliphatic rings. The van der Waals surface area contributed by atoms with Gasteiger partial charge in [-0.1, -0.05) is 0 Å². The third-order valence-electron chi connectivity index (χ3n) is 1.47. The van der Waals surface area contributed by atoms with E-state index in [0.717, 1.165) is 10.0 Å². The summed E-state index contributed by atoms with van der Waals surface area (Å²) >= 11 is 3.28. The number of nitrogens with two attached hydrogens (primary N) is 1. The minimum absolute atomic E-state index is 0. The molecule has 0 spiro atoms. The van der Waals surface area contributed by atoms with E-state index < -0.39 is 0 Å². The zero-order chi connectivity index (χ0) is 8.97. The summed E-state index contributed by atoms with van der Waals surface area (Å²) in [6.07, 6.45) is 3.67. The normalized spacial score (nSPS) is 11.2. The average Bonchev–Trinajstić information content (AvgIpc) is 2.05. The summed E-state index contributed by atoms with van der Waals surface area (Å²) in [5, 5.41) is 8.41. The maximum atomic E-state index is 8.41. The van der Waals surface area contributed by atoms with Crippen molar-refractivity contribution in [3.8, 4) is 6.07 Å². The maximum absolute atomic E-state index is 8.41. The SMILES string of the molecule is Cl.N#CC[C@@H](N)c1cncc(Br)c1. The van der Waals surface area contributed by atoms with Crippen LogP contribution in [-0.4, -0.2) is 4.98 Å². The third kappa shape index (κ3) is 3.73. The molecule has 0 bridgehead atoms. The van der Waals surface area contributed by atoms with Gasteiger partial charge in [0.05, 0.1) is 12.5 Å². The minimum Gasteiger partial charge on any atom is -0.323 e. The Morgan fingerprint density at radius 1 is 1.62 bits per heavy atom. The molecule has 1 rings (SSSR count). The Hall–Kier alpha value is -0.630. The van der Waals surface area contributed by atoms with Crippen LogP contribution in [0.3, 0.4) is 0 Å². The highest BCUT2D eigenvalue weighted by Gasteiger charge is 2.05. The molecule has 70 valence electrons. The molecule has 0 amide bonds. The molecule has 1 heterocycles. The number of hydrogen-bond acceptors (Lipinski definition) is 3. The van der Waals surface area contributed by atoms with Crippen LogP contribution in [0.25, 0.3) is 0 Å². The molecule has 0 aliphatic heterocycles. The van der Waals surface area contributed by atoms with Crippen LogP contribution in [-0.2, 0) is 0 Å². The summed E-state index contributed by atoms with van der Waals surface area (Å²) in [6.45, 7) is 0. The maximum Gasteiger partial charge on any atom is 0.0641 e. The lowest BCUT2D eigenvalue weighted by Crippen LogP contribution is -2.09. The molecule has 1 atom stereocenters. The fraction of sp³-hybridized carbons (Fsp3) is 0.250. The summed E-state index contributed by atoms with van der Waals surface area (Å²) in [6, 6.07) is 3.65. The summed E-state index contributed by atoms with van der Waals surface area (Å²) in [5.41, 5.74) is 6.57. The van der Waals surface area contributed by atoms with Crippen molar-refractivity contribution < 1.29 is 0 Å². The van der Waals surface area contributed by atoms with Crippen LogP contribution in [0, 0.1) is 11.3 Å². The van der Waals surface area contributed by atoms with Crippen molar-refractivity contribution in [2.75, 3.05) is 0 Å². The van der Waals surface area contributed by atoms with E-state index in [0.29, 0.717) is 6.42 Å². The third-order valence-corrected chi connectivity index (χ3v) is 1.90. The number of halogens is 2. The first-order valence-corrected chi connectivity index (χ1v) is 4.26. The number of nitrogens with zero attached hydrogens (tertiary/aromatic N) is 2. The highest BCUT2D eigenvalue weighted by atomic mass is 79.9. The van der Waals surface area contributed by atoms with Crippen LogP contribution < -0.4 is 5.73 Å². The second kappa shape index (κ2) is 5.92. The van der Waals surface area contributed by atoms with Gasteiger partial charge in [-0.2, -0.15) is 5.26 Å². The lowest BCUT2D eigenvalue weighted by molar-refractivity contribution is 0.743. The number of pyridine rings is 1. The van der Waals surface area contributed by atoms with Gasteiger partial charge in [0.15, 0.2) is 0 Å². The Kier molecular flexibility index (Phi) is 5.63. The van der Waals surface area contributed by atoms with E-state index in [-0.39, 0.29) is 18.4 Å². The molecule has 0 aromatic carbocycles. The van der Waals surface area contributed by atoms with Crippen LogP contribution >= 0.6 is 28.3 Å². The monoisotopic (exact) mass is 261 g/mol. The Morgan fingerprint density at radius 3 is 2.85 bits per heavy atom. The van der Waals surface area contributed by atoms with Gasteiger partial charge in [-0.25, -0.2) is 0 Å². The van der Waals surface area contributed by atoms with Crippen molar-refractivity contribution in [3.63, 3.8) is 0 Å².